The molecule has 0 aromatic rings. The van der Waals surface area contributed by atoms with Crippen LogP contribution in [0.4, 0.5) is 0 Å². The molecule has 0 spiro atoms. The van der Waals surface area contributed by atoms with Crippen LogP contribution in [0, 0.1) is 0 Å². The van der Waals surface area contributed by atoms with Crippen LogP contribution in [0.25, 0.3) is 0 Å². The summed E-state index contributed by atoms with van der Waals surface area (Å²) in [5, 5.41) is 0. The quantitative estimate of drug-likeness (QED) is 0.187. The van der Waals surface area contributed by atoms with Crippen molar-refractivity contribution in [1.29, 1.82) is 0 Å². The maximum absolute atomic E-state index is 8.88. The molecule has 0 rings (SSSR count). The van der Waals surface area contributed by atoms with E-state index in [2.05, 4.69) is 0 Å². The van der Waals surface area contributed by atoms with E-state index >= 15 is 0 Å². The van der Waals surface area contributed by atoms with Crippen molar-refractivity contribution < 1.29 is 33.9 Å². The first-order chi connectivity index (χ1) is 3.73. The third-order valence-electron chi connectivity index (χ3n) is 0. The first-order valence-corrected chi connectivity index (χ1v) is 4.36. The Morgan fingerprint density at radius 3 is 1.00 bits per heavy atom. The van der Waals surface area contributed by atoms with Gasteiger partial charge in [0.15, 0.2) is 17.4 Å². The molecular weight excluding hydrogens is 228 g/mol. The predicted molar refractivity (Wildman–Crippen MR) is 47.7 cm³/mol. The Morgan fingerprint density at radius 2 is 1.00 bits per heavy atom. The minimum Gasteiger partial charge on any atom is -0.303 e. The summed E-state index contributed by atoms with van der Waals surface area (Å²) in [5.74, 6) is 0. The Balaban J connectivity index is -0.0000000383. The lowest BCUT2D eigenvalue weighted by Gasteiger charge is -1.82. The van der Waals surface area contributed by atoms with Crippen molar-refractivity contribution in [2.24, 2.45) is 0 Å². The van der Waals surface area contributed by atoms with Gasteiger partial charge in [-0.05, 0) is 0 Å². The van der Waals surface area contributed by atoms with Crippen LogP contribution in [0.3, 0.4) is 0 Å². The van der Waals surface area contributed by atoms with Crippen molar-refractivity contribution in [2.75, 3.05) is 0 Å². The van der Waals surface area contributed by atoms with Crippen LogP contribution in [0.1, 0.15) is 0 Å². The molecule has 11 heavy (non-hydrogen) atoms. The minimum atomic E-state index is -4.64. The molecule has 0 aliphatic carbocycles. The average molecular weight is 240 g/mol. The summed E-state index contributed by atoms with van der Waals surface area (Å²) in [4.78, 5) is 43.4. The van der Waals surface area contributed by atoms with Crippen LogP contribution in [0.2, 0.25) is 0 Å². The highest BCUT2D eigenvalue weighted by Gasteiger charge is 2.00. The molecule has 7 nitrogen and oxygen atoms in total. The van der Waals surface area contributed by atoms with Gasteiger partial charge in [-0.15, -0.1) is 0 Å². The molecule has 0 saturated carbocycles. The lowest BCUT2D eigenvalue weighted by molar-refractivity contribution is 0.275. The summed E-state index contributed by atoms with van der Waals surface area (Å²) < 4.78 is 8.88. The lowest BCUT2D eigenvalue weighted by Crippen LogP contribution is -1.66. The third-order valence-corrected chi connectivity index (χ3v) is 0. The number of hydrogen-bond donors (Lipinski definition) is 6. The van der Waals surface area contributed by atoms with Gasteiger partial charge in [-0.2, -0.15) is 14.7 Å². The number of rotatable bonds is 0. The fourth-order valence-corrected chi connectivity index (χ4v) is 0. The standard InChI is InChI=1S/2Al.H3O4P.H4O3P.5H/c;;1-5(2,3)4;1-4(2)3;;;;;/h;;(H3,1,2,3,4);1-4H;;;;;/q;;;+1;;;;;. The molecule has 69 valence electrons. The molecule has 1 radical (unpaired) electrons. The smallest absolute Gasteiger partial charge is 0.303 e. The van der Waals surface area contributed by atoms with Gasteiger partial charge < -0.3 is 14.7 Å². The highest BCUT2D eigenvalue weighted by atomic mass is 31.2. The van der Waals surface area contributed by atoms with Crippen LogP contribution in [0.5, 0.6) is 0 Å². The molecule has 0 aromatic heterocycles. The second kappa shape index (κ2) is 11.5. The normalized spacial score (nSPS) is 8.64. The molecule has 0 fully saturated rings. The van der Waals surface area contributed by atoms with E-state index in [0.29, 0.717) is 0 Å². The van der Waals surface area contributed by atoms with Crippen molar-refractivity contribution in [1.82, 2.24) is 0 Å². The number of phosphoric acid groups is 1. The second-order valence-electron chi connectivity index (χ2n) is 0.813. The Morgan fingerprint density at radius 1 is 1.00 bits per heavy atom. The summed E-state index contributed by atoms with van der Waals surface area (Å²) in [6.45, 7) is 0. The van der Waals surface area contributed by atoms with E-state index in [-0.39, 0.29) is 34.7 Å². The van der Waals surface area contributed by atoms with Crippen LogP contribution < -0.4 is 0 Å². The third kappa shape index (κ3) is 469. The summed E-state index contributed by atoms with van der Waals surface area (Å²) in [7, 11) is -7.52. The van der Waals surface area contributed by atoms with E-state index in [1.165, 1.54) is 0 Å². The molecule has 0 saturated heterocycles. The molecule has 11 heteroatoms. The Kier molecular flexibility index (Phi) is 23.9. The maximum atomic E-state index is 8.88. The molecule has 0 amide bonds. The van der Waals surface area contributed by atoms with Gasteiger partial charge in [-0.3, -0.25) is 0 Å². The first-order valence-electron chi connectivity index (χ1n) is 1.45. The minimum absolute atomic E-state index is 0. The van der Waals surface area contributed by atoms with Gasteiger partial charge in [0, 0.05) is 0 Å². The van der Waals surface area contributed by atoms with Crippen LogP contribution >= 0.6 is 16.4 Å². The van der Waals surface area contributed by atoms with Crippen molar-refractivity contribution in [3.05, 3.63) is 0 Å². The zero-order valence-electron chi connectivity index (χ0n) is 5.04. The molecule has 0 unspecified atom stereocenters. The topological polar surface area (TPSA) is 138 Å². The SMILES string of the molecule is O=P(O)(O)O.O[PH+](O)O.[AlH2].[AlH3]. The lowest BCUT2D eigenvalue weighted by atomic mass is 15.8. The van der Waals surface area contributed by atoms with Gasteiger partial charge in [0.05, 0.1) is 0 Å². The van der Waals surface area contributed by atoms with E-state index in [9.17, 15) is 0 Å². The highest BCUT2D eigenvalue weighted by Crippen LogP contribution is 2.25. The van der Waals surface area contributed by atoms with Gasteiger partial charge >= 0.3 is 16.4 Å². The van der Waals surface area contributed by atoms with E-state index in [4.69, 9.17) is 33.9 Å². The maximum Gasteiger partial charge on any atom is 0.466 e. The number of hydrogen-bond acceptors (Lipinski definition) is 4. The molecule has 0 aliphatic heterocycles. The fourth-order valence-electron chi connectivity index (χ4n) is 0. The molecule has 0 heterocycles. The molecule has 0 atom stereocenters. The Labute approximate surface area is 85.2 Å². The highest BCUT2D eigenvalue weighted by molar-refractivity contribution is 7.45. The van der Waals surface area contributed by atoms with Crippen LogP contribution in [-0.2, 0) is 4.57 Å². The van der Waals surface area contributed by atoms with Crippen molar-refractivity contribution in [2.45, 2.75) is 0 Å². The fraction of sp³-hybridized carbons (Fsp3) is 0. The van der Waals surface area contributed by atoms with Gasteiger partial charge in [-0.1, -0.05) is 0 Å². The van der Waals surface area contributed by atoms with Crippen molar-refractivity contribution >= 4 is 51.1 Å². The molecule has 0 bridgehead atoms. The molecule has 0 aliphatic rings. The Bertz CT molecular complexity index is 85.6. The van der Waals surface area contributed by atoms with Crippen LogP contribution in [0.15, 0.2) is 0 Å². The van der Waals surface area contributed by atoms with Gasteiger partial charge in [0.25, 0.3) is 0 Å². The molecular formula is H12Al2O7P2+. The van der Waals surface area contributed by atoms with Crippen molar-refractivity contribution in [3.8, 4) is 0 Å². The Hall–Kier alpha value is 1.48. The van der Waals surface area contributed by atoms with E-state index in [1.807, 2.05) is 0 Å². The molecule has 6 N–H and O–H groups in total. The zero-order chi connectivity index (χ0) is 8.08. The van der Waals surface area contributed by atoms with E-state index in [1.54, 1.807) is 0 Å². The summed E-state index contributed by atoms with van der Waals surface area (Å²) in [5.41, 5.74) is 0. The van der Waals surface area contributed by atoms with Gasteiger partial charge in [0.2, 0.25) is 0 Å². The summed E-state index contributed by atoms with van der Waals surface area (Å²) in [6.07, 6.45) is 0. The zero-order valence-corrected chi connectivity index (χ0v) is 8.93. The van der Waals surface area contributed by atoms with E-state index in [0.717, 1.165) is 0 Å². The van der Waals surface area contributed by atoms with Gasteiger partial charge in [0.1, 0.15) is 17.4 Å². The van der Waals surface area contributed by atoms with Gasteiger partial charge in [-0.25, -0.2) is 4.57 Å². The van der Waals surface area contributed by atoms with Crippen LogP contribution in [-0.4, -0.2) is 64.1 Å². The molecule has 0 aromatic carbocycles. The van der Waals surface area contributed by atoms with Crippen molar-refractivity contribution in [3.63, 3.8) is 0 Å². The van der Waals surface area contributed by atoms with E-state index < -0.39 is 16.4 Å². The second-order valence-corrected chi connectivity index (χ2v) is 2.44. The monoisotopic (exact) mass is 240 g/mol. The first kappa shape index (κ1) is 22.9. The largest absolute Gasteiger partial charge is 0.466 e. The summed E-state index contributed by atoms with van der Waals surface area (Å²) >= 11 is 0. The average Bonchev–Trinajstić information content (AvgIpc) is 1.19. The summed E-state index contributed by atoms with van der Waals surface area (Å²) in [6, 6.07) is 0. The predicted octanol–water partition coefficient (Wildman–Crippen LogP) is -4.11.